The first kappa shape index (κ1) is 20.2. The Morgan fingerprint density at radius 1 is 1.12 bits per heavy atom. The van der Waals surface area contributed by atoms with Crippen LogP contribution >= 0.6 is 11.8 Å². The number of thioether (sulfide) groups is 1. The maximum atomic E-state index is 12.3. The van der Waals surface area contributed by atoms with E-state index in [-0.39, 0.29) is 5.91 Å². The van der Waals surface area contributed by atoms with Gasteiger partial charge in [0.1, 0.15) is 12.4 Å². The number of nitrogens with zero attached hydrogens (tertiary/aromatic N) is 1. The highest BCUT2D eigenvalue weighted by atomic mass is 32.2. The number of benzene rings is 2. The molecule has 1 amide bonds. The average Bonchev–Trinajstić information content (AvgIpc) is 2.60. The van der Waals surface area contributed by atoms with Crippen molar-refractivity contribution in [3.8, 4) is 5.75 Å². The molecule has 0 bridgehead atoms. The van der Waals surface area contributed by atoms with Gasteiger partial charge in [0, 0.05) is 23.5 Å². The lowest BCUT2D eigenvalue weighted by atomic mass is 10.2. The number of hydrogen-bond donors (Lipinski definition) is 1. The van der Waals surface area contributed by atoms with Gasteiger partial charge >= 0.3 is 0 Å². The molecule has 0 aliphatic heterocycles. The van der Waals surface area contributed by atoms with Crippen LogP contribution < -0.4 is 10.1 Å². The molecule has 7 heteroatoms. The summed E-state index contributed by atoms with van der Waals surface area (Å²) in [6, 6.07) is 13.7. The molecule has 0 saturated heterocycles. The van der Waals surface area contributed by atoms with Crippen LogP contribution in [0, 0.1) is 0 Å². The lowest BCUT2D eigenvalue weighted by Crippen LogP contribution is -2.22. The zero-order chi connectivity index (χ0) is 18.9. The van der Waals surface area contributed by atoms with Crippen LogP contribution in [0.4, 0.5) is 8.78 Å². The molecule has 2 rings (SSSR count). The molecule has 0 radical (unpaired) electrons. The maximum absolute atomic E-state index is 12.3. The molecule has 140 valence electrons. The number of nitrogens with one attached hydrogen (secondary N) is 1. The van der Waals surface area contributed by atoms with Gasteiger partial charge in [0.2, 0.25) is 0 Å². The van der Waals surface area contributed by atoms with Crippen molar-refractivity contribution in [2.24, 2.45) is 0 Å². The van der Waals surface area contributed by atoms with Gasteiger partial charge in [0.25, 0.3) is 11.7 Å². The van der Waals surface area contributed by atoms with Crippen molar-refractivity contribution in [1.82, 2.24) is 10.2 Å². The zero-order valence-electron chi connectivity index (χ0n) is 14.7. The number of ether oxygens (including phenoxy) is 1. The lowest BCUT2D eigenvalue weighted by Gasteiger charge is -2.11. The smallest absolute Gasteiger partial charge is 0.288 e. The Bertz CT molecular complexity index is 692. The van der Waals surface area contributed by atoms with E-state index < -0.39 is 5.76 Å². The minimum absolute atomic E-state index is 0.245. The van der Waals surface area contributed by atoms with Gasteiger partial charge in [-0.25, -0.2) is 0 Å². The van der Waals surface area contributed by atoms with Crippen molar-refractivity contribution in [3.05, 3.63) is 59.7 Å². The third-order valence-electron chi connectivity index (χ3n) is 3.53. The number of rotatable bonds is 9. The first-order valence-corrected chi connectivity index (χ1v) is 9.01. The van der Waals surface area contributed by atoms with Gasteiger partial charge in [0.05, 0.1) is 0 Å². The van der Waals surface area contributed by atoms with Crippen LogP contribution in [-0.2, 0) is 6.54 Å². The van der Waals surface area contributed by atoms with Crippen LogP contribution in [0.5, 0.6) is 5.75 Å². The van der Waals surface area contributed by atoms with Gasteiger partial charge in [-0.2, -0.15) is 8.78 Å². The molecule has 0 atom stereocenters. The van der Waals surface area contributed by atoms with E-state index in [4.69, 9.17) is 4.74 Å². The number of carbonyl (C=O) groups excluding carboxylic acids is 1. The first-order chi connectivity index (χ1) is 12.4. The highest BCUT2D eigenvalue weighted by Crippen LogP contribution is 2.25. The summed E-state index contributed by atoms with van der Waals surface area (Å²) < 4.78 is 30.2. The van der Waals surface area contributed by atoms with Crippen molar-refractivity contribution in [2.45, 2.75) is 17.2 Å². The molecule has 4 nitrogen and oxygen atoms in total. The van der Waals surface area contributed by atoms with E-state index in [0.717, 1.165) is 17.9 Å². The van der Waals surface area contributed by atoms with Crippen LogP contribution in [0.3, 0.4) is 0 Å². The van der Waals surface area contributed by atoms with E-state index in [0.29, 0.717) is 35.4 Å². The molecule has 2 aromatic carbocycles. The molecule has 0 aromatic heterocycles. The Morgan fingerprint density at radius 2 is 1.77 bits per heavy atom. The Hall–Kier alpha value is -2.12. The quantitative estimate of drug-likeness (QED) is 0.671. The number of likely N-dealkylation sites (N-methyl/N-ethyl adjacent to an activating group) is 1. The summed E-state index contributed by atoms with van der Waals surface area (Å²) in [5.74, 6) is -1.93. The third-order valence-corrected chi connectivity index (χ3v) is 4.25. The fraction of sp³-hybridized carbons (Fsp3) is 0.316. The average molecular weight is 380 g/mol. The van der Waals surface area contributed by atoms with Gasteiger partial charge in [-0.1, -0.05) is 23.9 Å². The van der Waals surface area contributed by atoms with Crippen LogP contribution in [0.15, 0.2) is 53.4 Å². The van der Waals surface area contributed by atoms with E-state index in [1.54, 1.807) is 12.1 Å². The van der Waals surface area contributed by atoms with Gasteiger partial charge in [-0.15, -0.1) is 0 Å². The maximum Gasteiger partial charge on any atom is 0.288 e. The molecule has 0 fully saturated rings. The molecule has 0 saturated carbocycles. The molecule has 0 aliphatic rings. The number of carbonyl (C=O) groups is 1. The summed E-state index contributed by atoms with van der Waals surface area (Å²) in [5, 5.41) is 2.81. The van der Waals surface area contributed by atoms with Crippen LogP contribution in [-0.4, -0.2) is 43.8 Å². The van der Waals surface area contributed by atoms with Crippen molar-refractivity contribution in [3.63, 3.8) is 0 Å². The fourth-order valence-electron chi connectivity index (χ4n) is 2.12. The summed E-state index contributed by atoms with van der Waals surface area (Å²) in [7, 11) is 3.97. The SMILES string of the molecule is CN(C)CCOc1ccc(CNC(=O)c2ccc(SC(F)F)cc2)cc1. The Kier molecular flexibility index (Phi) is 7.87. The zero-order valence-corrected chi connectivity index (χ0v) is 15.6. The molecule has 0 heterocycles. The van der Waals surface area contributed by atoms with Gasteiger partial charge in [0.15, 0.2) is 0 Å². The Morgan fingerprint density at radius 3 is 2.35 bits per heavy atom. The summed E-state index contributed by atoms with van der Waals surface area (Å²) in [6.45, 7) is 1.83. The number of hydrogen-bond acceptors (Lipinski definition) is 4. The topological polar surface area (TPSA) is 41.6 Å². The molecule has 1 N–H and O–H groups in total. The minimum Gasteiger partial charge on any atom is -0.492 e. The number of alkyl halides is 2. The van der Waals surface area contributed by atoms with Crippen LogP contribution in [0.1, 0.15) is 15.9 Å². The van der Waals surface area contributed by atoms with E-state index in [1.807, 2.05) is 43.3 Å². The van der Waals surface area contributed by atoms with Crippen LogP contribution in [0.25, 0.3) is 0 Å². The fourth-order valence-corrected chi connectivity index (χ4v) is 2.62. The second-order valence-electron chi connectivity index (χ2n) is 5.88. The molecule has 26 heavy (non-hydrogen) atoms. The highest BCUT2D eigenvalue weighted by molar-refractivity contribution is 7.99. The molecule has 0 spiro atoms. The van der Waals surface area contributed by atoms with Crippen molar-refractivity contribution in [2.75, 3.05) is 27.2 Å². The summed E-state index contributed by atoms with van der Waals surface area (Å²) in [6.07, 6.45) is 0. The molecule has 0 unspecified atom stereocenters. The van der Waals surface area contributed by atoms with E-state index >= 15 is 0 Å². The summed E-state index contributed by atoms with van der Waals surface area (Å²) in [4.78, 5) is 14.6. The lowest BCUT2D eigenvalue weighted by molar-refractivity contribution is 0.0951. The first-order valence-electron chi connectivity index (χ1n) is 8.13. The number of amides is 1. The largest absolute Gasteiger partial charge is 0.492 e. The monoisotopic (exact) mass is 380 g/mol. The second kappa shape index (κ2) is 10.1. The normalized spacial score (nSPS) is 11.0. The van der Waals surface area contributed by atoms with Gasteiger partial charge < -0.3 is 15.0 Å². The second-order valence-corrected chi connectivity index (χ2v) is 6.94. The van der Waals surface area contributed by atoms with E-state index in [2.05, 4.69) is 5.32 Å². The van der Waals surface area contributed by atoms with Crippen molar-refractivity contribution >= 4 is 17.7 Å². The minimum atomic E-state index is -2.47. The highest BCUT2D eigenvalue weighted by Gasteiger charge is 2.08. The predicted octanol–water partition coefficient (Wildman–Crippen LogP) is 3.87. The molecular formula is C19H22F2N2O2S. The van der Waals surface area contributed by atoms with Gasteiger partial charge in [-0.05, 0) is 56.1 Å². The number of halogens is 2. The van der Waals surface area contributed by atoms with Crippen molar-refractivity contribution in [1.29, 1.82) is 0 Å². The Balaban J connectivity index is 1.81. The third kappa shape index (κ3) is 7.01. The summed E-state index contributed by atoms with van der Waals surface area (Å²) >= 11 is 0.458. The molecule has 0 aliphatic carbocycles. The van der Waals surface area contributed by atoms with E-state index in [1.165, 1.54) is 12.1 Å². The van der Waals surface area contributed by atoms with Crippen molar-refractivity contribution < 1.29 is 18.3 Å². The molecular weight excluding hydrogens is 358 g/mol. The van der Waals surface area contributed by atoms with Crippen LogP contribution in [0.2, 0.25) is 0 Å². The predicted molar refractivity (Wildman–Crippen MR) is 100.0 cm³/mol. The standard InChI is InChI=1S/C19H22F2N2O2S/c1-23(2)11-12-25-16-7-3-14(4-8-16)13-22-18(24)15-5-9-17(10-6-15)26-19(20)21/h3-10,19H,11-13H2,1-2H3,(H,22,24). The summed E-state index contributed by atoms with van der Waals surface area (Å²) in [5.41, 5.74) is 1.38. The van der Waals surface area contributed by atoms with Gasteiger partial charge in [-0.3, -0.25) is 4.79 Å². The Labute approximate surface area is 156 Å². The molecule has 2 aromatic rings. The van der Waals surface area contributed by atoms with E-state index in [9.17, 15) is 13.6 Å².